The summed E-state index contributed by atoms with van der Waals surface area (Å²) in [6.07, 6.45) is 4.01. The molecule has 0 spiro atoms. The summed E-state index contributed by atoms with van der Waals surface area (Å²) >= 11 is 3.20. The molecule has 74 valence electrons. The molecule has 0 saturated carbocycles. The quantitative estimate of drug-likeness (QED) is 0.500. The van der Waals surface area contributed by atoms with E-state index in [2.05, 4.69) is 25.7 Å². The van der Waals surface area contributed by atoms with Gasteiger partial charge in [0.25, 0.3) is 0 Å². The van der Waals surface area contributed by atoms with Crippen molar-refractivity contribution in [1.29, 1.82) is 0 Å². The van der Waals surface area contributed by atoms with Gasteiger partial charge >= 0.3 is 5.97 Å². The van der Waals surface area contributed by atoms with Crippen molar-refractivity contribution in [2.24, 2.45) is 0 Å². The van der Waals surface area contributed by atoms with Crippen molar-refractivity contribution in [3.05, 3.63) is 34.6 Å². The SMILES string of the molecule is COC(=O)C=C(O)c1cncc(Br)c1. The van der Waals surface area contributed by atoms with Gasteiger partial charge in [0, 0.05) is 22.4 Å². The van der Waals surface area contributed by atoms with Gasteiger partial charge in [0.1, 0.15) is 5.76 Å². The minimum Gasteiger partial charge on any atom is -0.507 e. The number of hydrogen-bond donors (Lipinski definition) is 1. The number of aromatic nitrogens is 1. The molecule has 1 aromatic heterocycles. The van der Waals surface area contributed by atoms with Crippen molar-refractivity contribution >= 4 is 27.7 Å². The highest BCUT2D eigenvalue weighted by Crippen LogP contribution is 2.15. The van der Waals surface area contributed by atoms with E-state index >= 15 is 0 Å². The maximum Gasteiger partial charge on any atom is 0.334 e. The number of carbonyl (C=O) groups is 1. The Morgan fingerprint density at radius 2 is 2.36 bits per heavy atom. The van der Waals surface area contributed by atoms with Crippen molar-refractivity contribution in [3.8, 4) is 0 Å². The molecule has 1 heterocycles. The fraction of sp³-hybridized carbons (Fsp3) is 0.111. The van der Waals surface area contributed by atoms with Gasteiger partial charge in [0.2, 0.25) is 0 Å². The second kappa shape index (κ2) is 4.76. The van der Waals surface area contributed by atoms with Crippen molar-refractivity contribution in [1.82, 2.24) is 4.98 Å². The molecule has 0 unspecified atom stereocenters. The summed E-state index contributed by atoms with van der Waals surface area (Å²) in [5.41, 5.74) is 0.449. The van der Waals surface area contributed by atoms with Crippen molar-refractivity contribution in [3.63, 3.8) is 0 Å². The van der Waals surface area contributed by atoms with E-state index in [-0.39, 0.29) is 5.76 Å². The lowest BCUT2D eigenvalue weighted by atomic mass is 10.2. The predicted octanol–water partition coefficient (Wildman–Crippen LogP) is 1.92. The Hall–Kier alpha value is -1.36. The van der Waals surface area contributed by atoms with Crippen LogP contribution in [-0.2, 0) is 9.53 Å². The summed E-state index contributed by atoms with van der Waals surface area (Å²) in [5.74, 6) is -0.784. The molecule has 0 aliphatic rings. The van der Waals surface area contributed by atoms with Crippen LogP contribution in [0.5, 0.6) is 0 Å². The molecule has 0 saturated heterocycles. The summed E-state index contributed by atoms with van der Waals surface area (Å²) in [6, 6.07) is 1.64. The Morgan fingerprint density at radius 1 is 1.64 bits per heavy atom. The average molecular weight is 258 g/mol. The first-order chi connectivity index (χ1) is 6.63. The molecule has 4 nitrogen and oxygen atoms in total. The van der Waals surface area contributed by atoms with Gasteiger partial charge in [-0.2, -0.15) is 0 Å². The zero-order valence-corrected chi connectivity index (χ0v) is 8.98. The number of ether oxygens (including phenoxy) is 1. The second-order valence-electron chi connectivity index (χ2n) is 2.44. The summed E-state index contributed by atoms with van der Waals surface area (Å²) in [6.45, 7) is 0. The molecule has 0 aliphatic heterocycles. The maximum atomic E-state index is 10.8. The van der Waals surface area contributed by atoms with E-state index in [1.165, 1.54) is 13.3 Å². The van der Waals surface area contributed by atoms with Crippen LogP contribution in [-0.4, -0.2) is 23.2 Å². The van der Waals surface area contributed by atoms with Crippen LogP contribution >= 0.6 is 15.9 Å². The number of halogens is 1. The minimum atomic E-state index is -0.609. The standard InChI is InChI=1S/C9H8BrNO3/c1-14-9(13)3-8(12)6-2-7(10)5-11-4-6/h2-5,12H,1H3. The van der Waals surface area contributed by atoms with E-state index in [4.69, 9.17) is 0 Å². The molecule has 0 atom stereocenters. The fourth-order valence-electron chi connectivity index (χ4n) is 0.806. The zero-order valence-electron chi connectivity index (χ0n) is 7.40. The van der Waals surface area contributed by atoms with Crippen LogP contribution in [0.15, 0.2) is 29.0 Å². The molecule has 1 N–H and O–H groups in total. The summed E-state index contributed by atoms with van der Waals surface area (Å²) in [5, 5.41) is 9.45. The lowest BCUT2D eigenvalue weighted by molar-refractivity contribution is -0.134. The van der Waals surface area contributed by atoms with E-state index in [0.29, 0.717) is 5.56 Å². The molecule has 0 aromatic carbocycles. The van der Waals surface area contributed by atoms with Crippen LogP contribution in [0, 0.1) is 0 Å². The molecular weight excluding hydrogens is 250 g/mol. The predicted molar refractivity (Wildman–Crippen MR) is 54.6 cm³/mol. The van der Waals surface area contributed by atoms with Gasteiger partial charge in [-0.25, -0.2) is 4.79 Å². The number of rotatable bonds is 2. The Labute approximate surface area is 89.4 Å². The van der Waals surface area contributed by atoms with Gasteiger partial charge in [-0.15, -0.1) is 0 Å². The largest absolute Gasteiger partial charge is 0.507 e. The van der Waals surface area contributed by atoms with E-state index in [9.17, 15) is 9.90 Å². The van der Waals surface area contributed by atoms with Gasteiger partial charge in [-0.3, -0.25) is 4.98 Å². The Kier molecular flexibility index (Phi) is 3.64. The molecule has 1 aromatic rings. The Morgan fingerprint density at radius 3 is 2.93 bits per heavy atom. The lowest BCUT2D eigenvalue weighted by Gasteiger charge is -1.99. The van der Waals surface area contributed by atoms with Crippen LogP contribution in [0.3, 0.4) is 0 Å². The van der Waals surface area contributed by atoms with E-state index in [0.717, 1.165) is 10.5 Å². The molecule has 14 heavy (non-hydrogen) atoms. The first kappa shape index (κ1) is 10.7. The lowest BCUT2D eigenvalue weighted by Crippen LogP contribution is -1.97. The Bertz CT molecular complexity index is 376. The molecule has 5 heteroatoms. The molecule has 0 amide bonds. The van der Waals surface area contributed by atoms with Crippen LogP contribution in [0.1, 0.15) is 5.56 Å². The summed E-state index contributed by atoms with van der Waals surface area (Å²) < 4.78 is 5.09. The molecule has 0 radical (unpaired) electrons. The summed E-state index contributed by atoms with van der Waals surface area (Å²) in [7, 11) is 1.24. The number of nitrogens with zero attached hydrogens (tertiary/aromatic N) is 1. The average Bonchev–Trinajstić information content (AvgIpc) is 2.17. The number of pyridine rings is 1. The van der Waals surface area contributed by atoms with Gasteiger partial charge < -0.3 is 9.84 Å². The number of methoxy groups -OCH3 is 1. The van der Waals surface area contributed by atoms with Crippen molar-refractivity contribution in [2.75, 3.05) is 7.11 Å². The van der Waals surface area contributed by atoms with Gasteiger partial charge in [-0.05, 0) is 22.0 Å². The molecule has 1 rings (SSSR count). The maximum absolute atomic E-state index is 10.8. The van der Waals surface area contributed by atoms with Crippen molar-refractivity contribution < 1.29 is 14.6 Å². The monoisotopic (exact) mass is 257 g/mol. The molecular formula is C9H8BrNO3. The molecule has 0 fully saturated rings. The van der Waals surface area contributed by atoms with Crippen LogP contribution in [0.2, 0.25) is 0 Å². The third-order valence-electron chi connectivity index (χ3n) is 1.46. The smallest absolute Gasteiger partial charge is 0.334 e. The number of esters is 1. The highest BCUT2D eigenvalue weighted by molar-refractivity contribution is 9.10. The number of hydrogen-bond acceptors (Lipinski definition) is 4. The third kappa shape index (κ3) is 2.85. The first-order valence-corrected chi connectivity index (χ1v) is 4.52. The minimum absolute atomic E-state index is 0.175. The highest BCUT2D eigenvalue weighted by Gasteiger charge is 2.03. The summed E-state index contributed by atoms with van der Waals surface area (Å²) in [4.78, 5) is 14.6. The normalized spacial score (nSPS) is 11.1. The zero-order chi connectivity index (χ0) is 10.6. The Balaban J connectivity index is 2.94. The van der Waals surface area contributed by atoms with Gasteiger partial charge in [0.15, 0.2) is 0 Å². The fourth-order valence-corrected chi connectivity index (χ4v) is 1.17. The van der Waals surface area contributed by atoms with Crippen molar-refractivity contribution in [2.45, 2.75) is 0 Å². The van der Waals surface area contributed by atoms with Gasteiger partial charge in [0.05, 0.1) is 13.2 Å². The number of aliphatic hydroxyl groups is 1. The van der Waals surface area contributed by atoms with Gasteiger partial charge in [-0.1, -0.05) is 0 Å². The van der Waals surface area contributed by atoms with Crippen LogP contribution < -0.4 is 0 Å². The van der Waals surface area contributed by atoms with E-state index in [1.54, 1.807) is 12.3 Å². The van der Waals surface area contributed by atoms with E-state index < -0.39 is 5.97 Å². The molecule has 0 aliphatic carbocycles. The number of aliphatic hydroxyl groups excluding tert-OH is 1. The van der Waals surface area contributed by atoms with Crippen LogP contribution in [0.25, 0.3) is 5.76 Å². The first-order valence-electron chi connectivity index (χ1n) is 3.73. The molecule has 0 bridgehead atoms. The second-order valence-corrected chi connectivity index (χ2v) is 3.36. The highest BCUT2D eigenvalue weighted by atomic mass is 79.9. The number of carbonyl (C=O) groups excluding carboxylic acids is 1. The van der Waals surface area contributed by atoms with E-state index in [1.807, 2.05) is 0 Å². The van der Waals surface area contributed by atoms with Crippen LogP contribution in [0.4, 0.5) is 0 Å². The third-order valence-corrected chi connectivity index (χ3v) is 1.89. The topological polar surface area (TPSA) is 59.4 Å².